The first-order valence-electron chi connectivity index (χ1n) is 7.12. The van der Waals surface area contributed by atoms with Crippen molar-refractivity contribution < 1.29 is 22.4 Å². The molecule has 21 heavy (non-hydrogen) atoms. The minimum Gasteiger partial charge on any atom is -0.407 e. The van der Waals surface area contributed by atoms with Gasteiger partial charge in [0, 0.05) is 6.61 Å². The van der Waals surface area contributed by atoms with Crippen molar-refractivity contribution in [2.45, 2.75) is 57.8 Å². The van der Waals surface area contributed by atoms with Gasteiger partial charge in [-0.05, 0) is 42.7 Å². The Morgan fingerprint density at radius 1 is 1.29 bits per heavy atom. The van der Waals surface area contributed by atoms with Crippen LogP contribution in [0.15, 0.2) is 0 Å². The Morgan fingerprint density at radius 3 is 2.10 bits per heavy atom. The number of primary amides is 1. The molecule has 3 fully saturated rings. The predicted molar refractivity (Wildman–Crippen MR) is 75.9 cm³/mol. The third kappa shape index (κ3) is 2.42. The van der Waals surface area contributed by atoms with Crippen molar-refractivity contribution in [3.05, 3.63) is 6.42 Å². The average molecular weight is 322 g/mol. The summed E-state index contributed by atoms with van der Waals surface area (Å²) >= 11 is 0. The van der Waals surface area contributed by atoms with E-state index in [9.17, 15) is 18.0 Å². The molecule has 1 radical (unpaired) electrons. The molecule has 1 atom stereocenters. The highest BCUT2D eigenvalue weighted by Crippen LogP contribution is 2.79. The summed E-state index contributed by atoms with van der Waals surface area (Å²) < 4.78 is 44.1. The molecule has 0 heterocycles. The summed E-state index contributed by atoms with van der Waals surface area (Å²) in [5.41, 5.74) is 3.27. The van der Waals surface area contributed by atoms with Crippen molar-refractivity contribution in [1.82, 2.24) is 0 Å². The summed E-state index contributed by atoms with van der Waals surface area (Å²) in [5, 5.41) is -0.348. The van der Waals surface area contributed by atoms with Crippen molar-refractivity contribution in [3.8, 4) is 0 Å². The largest absolute Gasteiger partial charge is 0.407 e. The topological polar surface area (TPSA) is 52.3 Å². The highest BCUT2D eigenvalue weighted by atomic mass is 28.4. The molecular weight excluding hydrogens is 299 g/mol. The van der Waals surface area contributed by atoms with Gasteiger partial charge in [-0.15, -0.1) is 0 Å². The highest BCUT2D eigenvalue weighted by Gasteiger charge is 2.77. The summed E-state index contributed by atoms with van der Waals surface area (Å²) in [6.45, 7) is 7.69. The number of alkyl halides is 3. The van der Waals surface area contributed by atoms with E-state index < -0.39 is 25.4 Å². The number of amides is 1. The van der Waals surface area contributed by atoms with Gasteiger partial charge in [-0.3, -0.25) is 4.79 Å². The summed E-state index contributed by atoms with van der Waals surface area (Å²) in [6.07, 6.45) is -1.78. The van der Waals surface area contributed by atoms with Gasteiger partial charge >= 0.3 is 6.18 Å². The number of nitrogens with two attached hydrogens (primary N) is 1. The maximum atomic E-state index is 12.8. The molecule has 3 aliphatic carbocycles. The quantitative estimate of drug-likeness (QED) is 0.779. The Kier molecular flexibility index (Phi) is 3.58. The first kappa shape index (κ1) is 16.8. The van der Waals surface area contributed by atoms with Gasteiger partial charge in [-0.1, -0.05) is 20.8 Å². The van der Waals surface area contributed by atoms with Crippen LogP contribution in [0.1, 0.15) is 40.0 Å². The Labute approximate surface area is 124 Å². The second-order valence-corrected chi connectivity index (χ2v) is 12.2. The number of hydrogen-bond donors (Lipinski definition) is 1. The van der Waals surface area contributed by atoms with Crippen LogP contribution in [0.5, 0.6) is 0 Å². The first-order valence-corrected chi connectivity index (χ1v) is 9.53. The fourth-order valence-electron chi connectivity index (χ4n) is 3.43. The molecule has 3 rings (SSSR count). The Bertz CT molecular complexity index is 438. The molecule has 0 spiro atoms. The van der Waals surface area contributed by atoms with Gasteiger partial charge in [0.05, 0.1) is 5.41 Å². The lowest BCUT2D eigenvalue weighted by Gasteiger charge is -2.70. The number of carbonyl (C=O) groups excluding carboxylic acids is 1. The molecule has 0 aromatic heterocycles. The van der Waals surface area contributed by atoms with E-state index in [2.05, 4.69) is 0 Å². The number of hydrogen-bond acceptors (Lipinski definition) is 2. The van der Waals surface area contributed by atoms with Crippen LogP contribution in [0, 0.1) is 17.3 Å². The minimum atomic E-state index is -4.09. The standard InChI is InChI=1S/C14H23F3NO2Si/c1-11(2,3)21(4,10(18)19)20-6-5-12-7-13(8-12,9-12)14(15,16)17/h5H,6-9H2,1-4H3,(H2,18,19)/t12?,13?,21-/m1/s1. The fourth-order valence-corrected chi connectivity index (χ4v) is 5.16. The van der Waals surface area contributed by atoms with E-state index in [1.54, 1.807) is 6.55 Å². The van der Waals surface area contributed by atoms with E-state index in [0.717, 1.165) is 0 Å². The third-order valence-corrected chi connectivity index (χ3v) is 10.0. The van der Waals surface area contributed by atoms with E-state index >= 15 is 0 Å². The van der Waals surface area contributed by atoms with Crippen molar-refractivity contribution >= 4 is 13.8 Å². The monoisotopic (exact) mass is 322 g/mol. The Morgan fingerprint density at radius 2 is 1.76 bits per heavy atom. The zero-order chi connectivity index (χ0) is 16.3. The molecular formula is C14H23F3NO2Si. The molecule has 0 aliphatic heterocycles. The van der Waals surface area contributed by atoms with Crippen LogP contribution in [-0.2, 0) is 4.43 Å². The van der Waals surface area contributed by atoms with Crippen LogP contribution < -0.4 is 5.73 Å². The zero-order valence-electron chi connectivity index (χ0n) is 12.9. The van der Waals surface area contributed by atoms with Crippen LogP contribution in [0.3, 0.4) is 0 Å². The predicted octanol–water partition coefficient (Wildman–Crippen LogP) is 3.98. The molecule has 2 N–H and O–H groups in total. The van der Waals surface area contributed by atoms with E-state index in [1.807, 2.05) is 27.2 Å². The molecule has 0 aromatic carbocycles. The van der Waals surface area contributed by atoms with Gasteiger partial charge in [0.1, 0.15) is 0 Å². The molecule has 3 nitrogen and oxygen atoms in total. The van der Waals surface area contributed by atoms with Gasteiger partial charge in [0.25, 0.3) is 8.32 Å². The van der Waals surface area contributed by atoms with Crippen LogP contribution in [0.25, 0.3) is 0 Å². The molecule has 0 saturated heterocycles. The number of halogens is 3. The maximum Gasteiger partial charge on any atom is 0.394 e. The normalized spacial score (nSPS) is 34.6. The molecule has 1 amide bonds. The van der Waals surface area contributed by atoms with Gasteiger partial charge < -0.3 is 10.2 Å². The van der Waals surface area contributed by atoms with Crippen molar-refractivity contribution in [2.75, 3.05) is 6.61 Å². The van der Waals surface area contributed by atoms with Crippen LogP contribution >= 0.6 is 0 Å². The molecule has 7 heteroatoms. The Balaban J connectivity index is 1.86. The number of rotatable bonds is 5. The van der Waals surface area contributed by atoms with Crippen molar-refractivity contribution in [2.24, 2.45) is 16.6 Å². The number of carbonyl (C=O) groups is 1. The lowest BCUT2D eigenvalue weighted by atomic mass is 9.34. The molecule has 121 valence electrons. The lowest BCUT2D eigenvalue weighted by molar-refractivity contribution is -0.354. The first-order chi connectivity index (χ1) is 9.27. The molecule has 3 aliphatic rings. The molecule has 3 saturated carbocycles. The highest BCUT2D eigenvalue weighted by molar-refractivity contribution is 7.02. The lowest BCUT2D eigenvalue weighted by Crippen LogP contribution is -2.68. The van der Waals surface area contributed by atoms with Crippen molar-refractivity contribution in [3.63, 3.8) is 0 Å². The second-order valence-electron chi connectivity index (χ2n) is 7.83. The molecule has 0 unspecified atom stereocenters. The summed E-state index contributed by atoms with van der Waals surface area (Å²) in [5.74, 6) is 0. The smallest absolute Gasteiger partial charge is 0.394 e. The van der Waals surface area contributed by atoms with Crippen molar-refractivity contribution in [1.29, 1.82) is 0 Å². The van der Waals surface area contributed by atoms with Gasteiger partial charge in [-0.2, -0.15) is 13.2 Å². The van der Waals surface area contributed by atoms with E-state index in [-0.39, 0.29) is 36.3 Å². The van der Waals surface area contributed by atoms with Crippen LogP contribution in [0.4, 0.5) is 18.0 Å². The second kappa shape index (κ2) is 4.47. The van der Waals surface area contributed by atoms with Gasteiger partial charge in [-0.25, -0.2) is 0 Å². The summed E-state index contributed by atoms with van der Waals surface area (Å²) in [4.78, 5) is 11.7. The molecule has 0 aromatic rings. The van der Waals surface area contributed by atoms with E-state index in [0.29, 0.717) is 0 Å². The third-order valence-electron chi connectivity index (χ3n) is 5.46. The average Bonchev–Trinajstić information content (AvgIpc) is 2.14. The maximum absolute atomic E-state index is 12.8. The summed E-state index contributed by atoms with van der Waals surface area (Å²) in [6, 6.07) is 0. The van der Waals surface area contributed by atoms with Crippen LogP contribution in [0.2, 0.25) is 11.6 Å². The fraction of sp³-hybridized carbons (Fsp3) is 0.857. The van der Waals surface area contributed by atoms with Gasteiger partial charge in [0.15, 0.2) is 0 Å². The molecule has 2 bridgehead atoms. The van der Waals surface area contributed by atoms with E-state index in [1.165, 1.54) is 0 Å². The summed E-state index contributed by atoms with van der Waals surface area (Å²) in [7, 11) is -2.77. The van der Waals surface area contributed by atoms with Crippen LogP contribution in [-0.4, -0.2) is 26.6 Å². The van der Waals surface area contributed by atoms with Gasteiger partial charge in [0.2, 0.25) is 5.53 Å². The van der Waals surface area contributed by atoms with E-state index in [4.69, 9.17) is 10.2 Å². The zero-order valence-corrected chi connectivity index (χ0v) is 13.9. The minimum absolute atomic E-state index is 0.164. The SMILES string of the molecule is CC(C)(C)[Si@](C)(OC[CH]C12CC(C(F)(F)F)(C1)C2)C(N)=O. The Hall–Kier alpha value is -0.563.